The van der Waals surface area contributed by atoms with Gasteiger partial charge in [0.25, 0.3) is 11.1 Å². The Bertz CT molecular complexity index is 691. The first-order chi connectivity index (χ1) is 8.91. The molecule has 10 heteroatoms. The maximum absolute atomic E-state index is 11.7. The monoisotopic (exact) mass is 340 g/mol. The normalized spacial score (nSPS) is 10.7. The Morgan fingerprint density at radius 3 is 1.58 bits per heavy atom. The van der Waals surface area contributed by atoms with Crippen molar-refractivity contribution in [2.75, 3.05) is 0 Å². The van der Waals surface area contributed by atoms with Crippen molar-refractivity contribution in [1.82, 2.24) is 19.6 Å². The van der Waals surface area contributed by atoms with E-state index in [4.69, 9.17) is 46.4 Å². The van der Waals surface area contributed by atoms with Crippen molar-refractivity contribution in [2.24, 2.45) is 0 Å². The highest BCUT2D eigenvalue weighted by Crippen LogP contribution is 2.15. The molecule has 0 radical (unpaired) electrons. The van der Waals surface area contributed by atoms with Crippen molar-refractivity contribution in [1.29, 1.82) is 0 Å². The molecule has 19 heavy (non-hydrogen) atoms. The van der Waals surface area contributed by atoms with Gasteiger partial charge >= 0.3 is 0 Å². The number of nitrogens with zero attached hydrogens (tertiary/aromatic N) is 4. The fourth-order valence-electron chi connectivity index (χ4n) is 1.22. The SMILES string of the molecule is O=c1c(Cl)c(Cl)cnn1Cn1ncc(Cl)c(Cl)c1=O. The molecule has 0 aliphatic carbocycles. The van der Waals surface area contributed by atoms with Crippen molar-refractivity contribution >= 4 is 46.4 Å². The van der Waals surface area contributed by atoms with E-state index in [2.05, 4.69) is 10.2 Å². The van der Waals surface area contributed by atoms with Gasteiger partial charge < -0.3 is 0 Å². The van der Waals surface area contributed by atoms with Crippen molar-refractivity contribution in [2.45, 2.75) is 6.67 Å². The van der Waals surface area contributed by atoms with Crippen LogP contribution in [0.25, 0.3) is 0 Å². The van der Waals surface area contributed by atoms with Crippen LogP contribution in [0.4, 0.5) is 0 Å². The highest BCUT2D eigenvalue weighted by atomic mass is 35.5. The Morgan fingerprint density at radius 1 is 0.842 bits per heavy atom. The number of aromatic nitrogens is 4. The average molecular weight is 342 g/mol. The van der Waals surface area contributed by atoms with Crippen LogP contribution in [-0.4, -0.2) is 19.6 Å². The van der Waals surface area contributed by atoms with Crippen LogP contribution in [0, 0.1) is 0 Å². The van der Waals surface area contributed by atoms with Crippen LogP contribution in [0.2, 0.25) is 20.1 Å². The van der Waals surface area contributed by atoms with Crippen LogP contribution in [0.3, 0.4) is 0 Å². The first kappa shape index (κ1) is 14.3. The molecule has 2 rings (SSSR count). The topological polar surface area (TPSA) is 69.8 Å². The van der Waals surface area contributed by atoms with Crippen LogP contribution in [0.1, 0.15) is 0 Å². The molecule has 0 unspecified atom stereocenters. The number of rotatable bonds is 2. The smallest absolute Gasteiger partial charge is 0.266 e. The fourth-order valence-corrected chi connectivity index (χ4v) is 1.76. The average Bonchev–Trinajstić information content (AvgIpc) is 2.39. The van der Waals surface area contributed by atoms with Gasteiger partial charge in [-0.05, 0) is 0 Å². The van der Waals surface area contributed by atoms with E-state index in [9.17, 15) is 9.59 Å². The number of halogens is 4. The summed E-state index contributed by atoms with van der Waals surface area (Å²) in [6.07, 6.45) is 2.38. The molecule has 0 atom stereocenters. The Balaban J connectivity index is 2.49. The van der Waals surface area contributed by atoms with E-state index in [1.807, 2.05) is 0 Å². The lowest BCUT2D eigenvalue weighted by Gasteiger charge is -2.07. The number of hydrogen-bond donors (Lipinski definition) is 0. The predicted octanol–water partition coefficient (Wildman–Crippen LogP) is 1.92. The summed E-state index contributed by atoms with van der Waals surface area (Å²) in [7, 11) is 0. The molecule has 6 nitrogen and oxygen atoms in total. The van der Waals surface area contributed by atoms with Gasteiger partial charge in [-0.2, -0.15) is 10.2 Å². The maximum Gasteiger partial charge on any atom is 0.288 e. The van der Waals surface area contributed by atoms with Crippen molar-refractivity contribution in [3.63, 3.8) is 0 Å². The lowest BCUT2D eigenvalue weighted by Crippen LogP contribution is -2.33. The van der Waals surface area contributed by atoms with Gasteiger partial charge in [-0.25, -0.2) is 9.36 Å². The minimum Gasteiger partial charge on any atom is -0.266 e. The molecule has 100 valence electrons. The Morgan fingerprint density at radius 2 is 1.21 bits per heavy atom. The highest BCUT2D eigenvalue weighted by Gasteiger charge is 2.11. The van der Waals surface area contributed by atoms with E-state index in [0.717, 1.165) is 9.36 Å². The molecule has 0 aliphatic heterocycles. The molecule has 2 aromatic heterocycles. The largest absolute Gasteiger partial charge is 0.288 e. The van der Waals surface area contributed by atoms with E-state index >= 15 is 0 Å². The molecule has 2 aromatic rings. The van der Waals surface area contributed by atoms with Crippen molar-refractivity contribution < 1.29 is 0 Å². The summed E-state index contributed by atoms with van der Waals surface area (Å²) in [5.74, 6) is 0. The summed E-state index contributed by atoms with van der Waals surface area (Å²) in [5, 5.41) is 7.15. The zero-order valence-electron chi connectivity index (χ0n) is 8.98. The van der Waals surface area contributed by atoms with Gasteiger partial charge in [0.2, 0.25) is 0 Å². The molecule has 0 spiro atoms. The third-order valence-electron chi connectivity index (χ3n) is 2.15. The molecular formula is C9H4Cl4N4O2. The quantitative estimate of drug-likeness (QED) is 0.836. The van der Waals surface area contributed by atoms with Crippen LogP contribution in [-0.2, 0) is 6.67 Å². The van der Waals surface area contributed by atoms with E-state index < -0.39 is 11.1 Å². The summed E-state index contributed by atoms with van der Waals surface area (Å²) in [6.45, 7) is -0.258. The third kappa shape index (κ3) is 2.76. The highest BCUT2D eigenvalue weighted by molar-refractivity contribution is 6.42. The Kier molecular flexibility index (Phi) is 4.15. The van der Waals surface area contributed by atoms with Gasteiger partial charge in [-0.1, -0.05) is 46.4 Å². The second-order valence-corrected chi connectivity index (χ2v) is 4.93. The first-order valence-electron chi connectivity index (χ1n) is 4.74. The van der Waals surface area contributed by atoms with Crippen LogP contribution >= 0.6 is 46.4 Å². The second kappa shape index (κ2) is 5.50. The van der Waals surface area contributed by atoms with E-state index in [0.29, 0.717) is 0 Å². The van der Waals surface area contributed by atoms with Gasteiger partial charge in [0, 0.05) is 0 Å². The standard InChI is InChI=1S/C9H4Cl4N4O2/c10-4-1-14-16(8(18)6(4)12)3-17-9(19)7(13)5(11)2-15-17/h1-2H,3H2. The first-order valence-corrected chi connectivity index (χ1v) is 6.25. The van der Waals surface area contributed by atoms with Gasteiger partial charge in [0.1, 0.15) is 16.7 Å². The fraction of sp³-hybridized carbons (Fsp3) is 0.111. The van der Waals surface area contributed by atoms with Gasteiger partial charge in [0.05, 0.1) is 22.4 Å². The summed E-state index contributed by atoms with van der Waals surface area (Å²) >= 11 is 22.6. The van der Waals surface area contributed by atoms with Crippen LogP contribution < -0.4 is 11.1 Å². The molecule has 0 aliphatic rings. The van der Waals surface area contributed by atoms with Crippen LogP contribution in [0.15, 0.2) is 22.0 Å². The van der Waals surface area contributed by atoms with Crippen LogP contribution in [0.5, 0.6) is 0 Å². The molecule has 0 saturated carbocycles. The minimum absolute atomic E-state index is 0.0253. The molecule has 0 bridgehead atoms. The van der Waals surface area contributed by atoms with E-state index in [-0.39, 0.29) is 26.8 Å². The molecule has 0 fully saturated rings. The minimum atomic E-state index is -0.645. The summed E-state index contributed by atoms with van der Waals surface area (Å²) in [6, 6.07) is 0. The van der Waals surface area contributed by atoms with E-state index in [1.165, 1.54) is 12.4 Å². The summed E-state index contributed by atoms with van der Waals surface area (Å²) in [5.41, 5.74) is -1.29. The Labute approximate surface area is 126 Å². The van der Waals surface area contributed by atoms with Crippen molar-refractivity contribution in [3.8, 4) is 0 Å². The zero-order valence-corrected chi connectivity index (χ0v) is 12.0. The van der Waals surface area contributed by atoms with Crippen molar-refractivity contribution in [3.05, 3.63) is 53.2 Å². The summed E-state index contributed by atoms with van der Waals surface area (Å²) in [4.78, 5) is 23.5. The lowest BCUT2D eigenvalue weighted by molar-refractivity contribution is 0.462. The number of hydrogen-bond acceptors (Lipinski definition) is 4. The lowest BCUT2D eigenvalue weighted by atomic mass is 10.5. The van der Waals surface area contributed by atoms with Gasteiger partial charge in [-0.15, -0.1) is 0 Å². The predicted molar refractivity (Wildman–Crippen MR) is 72.4 cm³/mol. The van der Waals surface area contributed by atoms with E-state index in [1.54, 1.807) is 0 Å². The zero-order chi connectivity index (χ0) is 14.2. The molecule has 0 saturated heterocycles. The summed E-state index contributed by atoms with van der Waals surface area (Å²) < 4.78 is 1.85. The van der Waals surface area contributed by atoms with Gasteiger partial charge in [0.15, 0.2) is 0 Å². The second-order valence-electron chi connectivity index (χ2n) is 3.36. The maximum atomic E-state index is 11.7. The molecule has 2 heterocycles. The molecule has 0 N–H and O–H groups in total. The molecule has 0 amide bonds. The van der Waals surface area contributed by atoms with Gasteiger partial charge in [-0.3, -0.25) is 9.59 Å². The molecule has 0 aromatic carbocycles. The molecular weight excluding hydrogens is 338 g/mol. The third-order valence-corrected chi connectivity index (χ3v) is 3.65. The Hall–Kier alpha value is -1.08.